The standard InChI is InChI=1S/C25H28ClFN4O2/c1-16-10-24(21(11-22(16)26)23-8-9-28-29-23)33-15-25(32)31-13-17(2)30(12-18(31)3)14-19-4-6-20(27)7-5-19/h4-11,17-18H,12-15H2,1-3H3,(H,28,29). The van der Waals surface area contributed by atoms with Gasteiger partial charge in [0.25, 0.3) is 5.91 Å². The molecule has 0 radical (unpaired) electrons. The number of aromatic nitrogens is 2. The molecule has 2 unspecified atom stereocenters. The number of aromatic amines is 1. The summed E-state index contributed by atoms with van der Waals surface area (Å²) < 4.78 is 19.2. The second kappa shape index (κ2) is 9.93. The number of piperazine rings is 1. The lowest BCUT2D eigenvalue weighted by Gasteiger charge is -2.44. The van der Waals surface area contributed by atoms with E-state index in [1.54, 1.807) is 6.20 Å². The number of benzene rings is 2. The first-order valence-electron chi connectivity index (χ1n) is 11.0. The number of carbonyl (C=O) groups excluding carboxylic acids is 1. The molecule has 2 aromatic carbocycles. The molecule has 0 aliphatic carbocycles. The lowest BCUT2D eigenvalue weighted by Crippen LogP contribution is -2.58. The predicted molar refractivity (Wildman–Crippen MR) is 127 cm³/mol. The quantitative estimate of drug-likeness (QED) is 0.568. The molecule has 1 aromatic heterocycles. The Morgan fingerprint density at radius 3 is 2.64 bits per heavy atom. The Morgan fingerprint density at radius 2 is 1.94 bits per heavy atom. The summed E-state index contributed by atoms with van der Waals surface area (Å²) in [4.78, 5) is 17.3. The Morgan fingerprint density at radius 1 is 1.18 bits per heavy atom. The van der Waals surface area contributed by atoms with E-state index in [9.17, 15) is 9.18 Å². The fourth-order valence-electron chi connectivity index (χ4n) is 4.20. The van der Waals surface area contributed by atoms with E-state index in [4.69, 9.17) is 16.3 Å². The van der Waals surface area contributed by atoms with Crippen LogP contribution in [0.25, 0.3) is 11.3 Å². The summed E-state index contributed by atoms with van der Waals surface area (Å²) in [5.74, 6) is 0.297. The van der Waals surface area contributed by atoms with Crippen molar-refractivity contribution in [3.63, 3.8) is 0 Å². The van der Waals surface area contributed by atoms with Crippen LogP contribution >= 0.6 is 11.6 Å². The number of nitrogens with one attached hydrogen (secondary N) is 1. The third-order valence-corrected chi connectivity index (χ3v) is 6.54. The highest BCUT2D eigenvalue weighted by molar-refractivity contribution is 6.31. The van der Waals surface area contributed by atoms with E-state index in [0.717, 1.165) is 35.5 Å². The van der Waals surface area contributed by atoms with E-state index >= 15 is 0 Å². The maximum atomic E-state index is 13.2. The number of aryl methyl sites for hydroxylation is 1. The van der Waals surface area contributed by atoms with Crippen molar-refractivity contribution in [3.05, 3.63) is 70.6 Å². The van der Waals surface area contributed by atoms with E-state index in [0.29, 0.717) is 17.3 Å². The number of halogens is 2. The Kier molecular flexibility index (Phi) is 7.00. The number of H-pyrrole nitrogens is 1. The van der Waals surface area contributed by atoms with Crippen LogP contribution in [0.1, 0.15) is 25.0 Å². The van der Waals surface area contributed by atoms with Gasteiger partial charge in [0.2, 0.25) is 0 Å². The summed E-state index contributed by atoms with van der Waals surface area (Å²) in [6, 6.07) is 12.3. The molecular weight excluding hydrogens is 443 g/mol. The molecule has 33 heavy (non-hydrogen) atoms. The number of nitrogens with zero attached hydrogens (tertiary/aromatic N) is 3. The highest BCUT2D eigenvalue weighted by atomic mass is 35.5. The smallest absolute Gasteiger partial charge is 0.260 e. The van der Waals surface area contributed by atoms with Gasteiger partial charge in [0.1, 0.15) is 11.6 Å². The van der Waals surface area contributed by atoms with Crippen molar-refractivity contribution in [2.24, 2.45) is 0 Å². The third-order valence-electron chi connectivity index (χ3n) is 6.14. The summed E-state index contributed by atoms with van der Waals surface area (Å²) in [5, 5.41) is 7.54. The van der Waals surface area contributed by atoms with Crippen molar-refractivity contribution in [1.29, 1.82) is 0 Å². The minimum atomic E-state index is -0.234. The number of amides is 1. The molecule has 2 heterocycles. The molecule has 1 amide bonds. The molecule has 1 saturated heterocycles. The van der Waals surface area contributed by atoms with Gasteiger partial charge in [-0.2, -0.15) is 5.10 Å². The summed E-state index contributed by atoms with van der Waals surface area (Å²) in [6.45, 7) is 8.07. The Balaban J connectivity index is 1.40. The average Bonchev–Trinajstić information content (AvgIpc) is 3.32. The Bertz CT molecular complexity index is 1100. The van der Waals surface area contributed by atoms with Gasteiger partial charge >= 0.3 is 0 Å². The monoisotopic (exact) mass is 470 g/mol. The minimum absolute atomic E-state index is 0.0387. The van der Waals surface area contributed by atoms with Gasteiger partial charge in [0.05, 0.1) is 5.69 Å². The maximum Gasteiger partial charge on any atom is 0.260 e. The van der Waals surface area contributed by atoms with Gasteiger partial charge in [-0.05, 0) is 62.2 Å². The lowest BCUT2D eigenvalue weighted by atomic mass is 10.1. The van der Waals surface area contributed by atoms with Crippen LogP contribution < -0.4 is 4.74 Å². The van der Waals surface area contributed by atoms with E-state index in [1.807, 2.05) is 49.1 Å². The normalized spacial score (nSPS) is 19.0. The van der Waals surface area contributed by atoms with Gasteiger partial charge in [0.15, 0.2) is 6.61 Å². The summed E-state index contributed by atoms with van der Waals surface area (Å²) in [7, 11) is 0. The second-order valence-corrected chi connectivity index (χ2v) is 9.06. The third kappa shape index (κ3) is 5.37. The Hall–Kier alpha value is -2.90. The minimum Gasteiger partial charge on any atom is -0.483 e. The summed E-state index contributed by atoms with van der Waals surface area (Å²) >= 11 is 6.31. The van der Waals surface area contributed by atoms with Gasteiger partial charge in [-0.1, -0.05) is 23.7 Å². The first-order chi connectivity index (χ1) is 15.8. The van der Waals surface area contributed by atoms with Crippen LogP contribution in [0.2, 0.25) is 5.02 Å². The molecule has 1 fully saturated rings. The van der Waals surface area contributed by atoms with Crippen LogP contribution in [-0.4, -0.2) is 57.7 Å². The van der Waals surface area contributed by atoms with E-state index < -0.39 is 0 Å². The molecule has 0 bridgehead atoms. The molecule has 0 spiro atoms. The fourth-order valence-corrected chi connectivity index (χ4v) is 4.37. The zero-order valence-electron chi connectivity index (χ0n) is 19.0. The SMILES string of the molecule is Cc1cc(OCC(=O)N2CC(C)N(Cc3ccc(F)cc3)CC2C)c(-c2ccn[nH]2)cc1Cl. The van der Waals surface area contributed by atoms with Crippen molar-refractivity contribution < 1.29 is 13.9 Å². The van der Waals surface area contributed by atoms with Crippen LogP contribution in [0, 0.1) is 12.7 Å². The first-order valence-corrected chi connectivity index (χ1v) is 11.4. The molecule has 3 aromatic rings. The predicted octanol–water partition coefficient (Wildman–Crippen LogP) is 4.68. The molecule has 174 valence electrons. The highest BCUT2D eigenvalue weighted by Gasteiger charge is 2.32. The fraction of sp³-hybridized carbons (Fsp3) is 0.360. The number of carbonyl (C=O) groups is 1. The van der Waals surface area contributed by atoms with Crippen molar-refractivity contribution in [2.75, 3.05) is 19.7 Å². The molecular formula is C25H28ClFN4O2. The Labute approximate surface area is 198 Å². The largest absolute Gasteiger partial charge is 0.483 e. The number of rotatable bonds is 6. The van der Waals surface area contributed by atoms with E-state index in [1.165, 1.54) is 12.1 Å². The second-order valence-electron chi connectivity index (χ2n) is 8.66. The van der Waals surface area contributed by atoms with Crippen molar-refractivity contribution >= 4 is 17.5 Å². The van der Waals surface area contributed by atoms with Gasteiger partial charge in [-0.3, -0.25) is 14.8 Å². The molecule has 1 aliphatic heterocycles. The molecule has 1 aliphatic rings. The topological polar surface area (TPSA) is 61.5 Å². The van der Waals surface area contributed by atoms with Crippen LogP contribution in [0.5, 0.6) is 5.75 Å². The highest BCUT2D eigenvalue weighted by Crippen LogP contribution is 2.34. The molecule has 2 atom stereocenters. The van der Waals surface area contributed by atoms with E-state index in [-0.39, 0.29) is 30.4 Å². The molecule has 8 heteroatoms. The first kappa shape index (κ1) is 23.3. The summed E-state index contributed by atoms with van der Waals surface area (Å²) in [6.07, 6.45) is 1.66. The lowest BCUT2D eigenvalue weighted by molar-refractivity contribution is -0.139. The van der Waals surface area contributed by atoms with Crippen LogP contribution in [0.3, 0.4) is 0 Å². The molecule has 0 saturated carbocycles. The van der Waals surface area contributed by atoms with Crippen LogP contribution in [0.4, 0.5) is 4.39 Å². The number of ether oxygens (including phenoxy) is 1. The maximum absolute atomic E-state index is 13.2. The van der Waals surface area contributed by atoms with Gasteiger partial charge < -0.3 is 9.64 Å². The molecule has 4 rings (SSSR count). The van der Waals surface area contributed by atoms with Gasteiger partial charge in [0, 0.05) is 48.5 Å². The van der Waals surface area contributed by atoms with Crippen molar-refractivity contribution in [1.82, 2.24) is 20.0 Å². The van der Waals surface area contributed by atoms with Crippen LogP contribution in [-0.2, 0) is 11.3 Å². The van der Waals surface area contributed by atoms with E-state index in [2.05, 4.69) is 22.0 Å². The number of hydrogen-bond acceptors (Lipinski definition) is 4. The van der Waals surface area contributed by atoms with Crippen molar-refractivity contribution in [3.8, 4) is 17.0 Å². The molecule has 1 N–H and O–H groups in total. The van der Waals surface area contributed by atoms with Gasteiger partial charge in [-0.15, -0.1) is 0 Å². The van der Waals surface area contributed by atoms with Crippen LogP contribution in [0.15, 0.2) is 48.7 Å². The molecule has 6 nitrogen and oxygen atoms in total. The zero-order valence-corrected chi connectivity index (χ0v) is 19.8. The zero-order chi connectivity index (χ0) is 23.5. The summed E-state index contributed by atoms with van der Waals surface area (Å²) in [5.41, 5.74) is 3.47. The van der Waals surface area contributed by atoms with Gasteiger partial charge in [-0.25, -0.2) is 4.39 Å². The number of hydrogen-bond donors (Lipinski definition) is 1. The average molecular weight is 471 g/mol. The van der Waals surface area contributed by atoms with Crippen molar-refractivity contribution in [2.45, 2.75) is 39.4 Å².